The van der Waals surface area contributed by atoms with E-state index in [1.165, 1.54) is 0 Å². The molecule has 0 spiro atoms. The summed E-state index contributed by atoms with van der Waals surface area (Å²) in [5.41, 5.74) is 5.82. The van der Waals surface area contributed by atoms with Crippen molar-refractivity contribution < 1.29 is 4.79 Å². The maximum atomic E-state index is 11.5. The Bertz CT molecular complexity index is 209. The lowest BCUT2D eigenvalue weighted by molar-refractivity contribution is -0.122. The lowest BCUT2D eigenvalue weighted by atomic mass is 10.0. The second-order valence-electron chi connectivity index (χ2n) is 4.32. The van der Waals surface area contributed by atoms with Gasteiger partial charge in [-0.1, -0.05) is 26.0 Å². The van der Waals surface area contributed by atoms with E-state index in [0.717, 1.165) is 12.8 Å². The molecule has 1 unspecified atom stereocenters. The minimum Gasteiger partial charge on any atom is -0.353 e. The summed E-state index contributed by atoms with van der Waals surface area (Å²) in [6, 6.07) is 0.284. The van der Waals surface area contributed by atoms with E-state index < -0.39 is 0 Å². The Labute approximate surface area is 85.7 Å². The molecular formula is C11H20N2O. The van der Waals surface area contributed by atoms with E-state index in [-0.39, 0.29) is 11.9 Å². The smallest absolute Gasteiger partial charge is 0.221 e. The van der Waals surface area contributed by atoms with Gasteiger partial charge in [-0.2, -0.15) is 0 Å². The summed E-state index contributed by atoms with van der Waals surface area (Å²) < 4.78 is 0. The van der Waals surface area contributed by atoms with Gasteiger partial charge in [-0.05, 0) is 18.8 Å². The number of hydrogen-bond donors (Lipinski definition) is 2. The van der Waals surface area contributed by atoms with E-state index in [1.807, 2.05) is 13.8 Å². The quantitative estimate of drug-likeness (QED) is 0.664. The van der Waals surface area contributed by atoms with Crippen molar-refractivity contribution >= 4 is 5.91 Å². The van der Waals surface area contributed by atoms with Crippen LogP contribution >= 0.6 is 0 Å². The van der Waals surface area contributed by atoms with Crippen LogP contribution in [0.25, 0.3) is 0 Å². The third-order valence-electron chi connectivity index (χ3n) is 2.65. The Morgan fingerprint density at radius 2 is 2.07 bits per heavy atom. The summed E-state index contributed by atoms with van der Waals surface area (Å²) in [5.74, 6) is 0.447. The summed E-state index contributed by atoms with van der Waals surface area (Å²) in [6.45, 7) is 4.07. The maximum Gasteiger partial charge on any atom is 0.221 e. The highest BCUT2D eigenvalue weighted by Gasteiger charge is 2.16. The van der Waals surface area contributed by atoms with Gasteiger partial charge in [0.1, 0.15) is 0 Å². The number of carbonyl (C=O) groups excluding carboxylic acids is 1. The van der Waals surface area contributed by atoms with Gasteiger partial charge in [-0.3, -0.25) is 4.79 Å². The van der Waals surface area contributed by atoms with Crippen LogP contribution in [0.1, 0.15) is 33.1 Å². The van der Waals surface area contributed by atoms with Crippen LogP contribution in [0, 0.1) is 5.92 Å². The number of nitrogens with two attached hydrogens (primary N) is 1. The summed E-state index contributed by atoms with van der Waals surface area (Å²) in [5, 5.41) is 2.98. The molecule has 1 aliphatic carbocycles. The molecule has 0 fully saturated rings. The Morgan fingerprint density at radius 3 is 2.57 bits per heavy atom. The van der Waals surface area contributed by atoms with Crippen LogP contribution in [0.3, 0.4) is 0 Å². The van der Waals surface area contributed by atoms with Crippen LogP contribution in [-0.4, -0.2) is 18.0 Å². The normalized spacial score (nSPS) is 18.9. The molecule has 0 aromatic heterocycles. The van der Waals surface area contributed by atoms with Gasteiger partial charge in [0.2, 0.25) is 5.91 Å². The van der Waals surface area contributed by atoms with E-state index in [2.05, 4.69) is 17.5 Å². The molecule has 3 nitrogen and oxygen atoms in total. The average Bonchev–Trinajstić information content (AvgIpc) is 2.56. The van der Waals surface area contributed by atoms with Crippen LogP contribution in [0.2, 0.25) is 0 Å². The Morgan fingerprint density at radius 1 is 1.50 bits per heavy atom. The van der Waals surface area contributed by atoms with Crippen molar-refractivity contribution in [1.29, 1.82) is 0 Å². The predicted molar refractivity (Wildman–Crippen MR) is 57.7 cm³/mol. The minimum absolute atomic E-state index is 0.0237. The van der Waals surface area contributed by atoms with Crippen molar-refractivity contribution in [3.8, 4) is 0 Å². The highest BCUT2D eigenvalue weighted by Crippen LogP contribution is 2.10. The standard InChI is InChI=1S/C11H20N2O/c1-8(2)10(12)7-11(14)13-9-5-3-4-6-9/h3-4,8-10H,5-7,12H2,1-2H3,(H,13,14). The Hall–Kier alpha value is -0.830. The molecule has 0 saturated heterocycles. The van der Waals surface area contributed by atoms with Crippen LogP contribution in [0.5, 0.6) is 0 Å². The fraction of sp³-hybridized carbons (Fsp3) is 0.727. The third-order valence-corrected chi connectivity index (χ3v) is 2.65. The molecule has 3 N–H and O–H groups in total. The van der Waals surface area contributed by atoms with E-state index >= 15 is 0 Å². The van der Waals surface area contributed by atoms with Gasteiger partial charge < -0.3 is 11.1 Å². The molecule has 14 heavy (non-hydrogen) atoms. The molecule has 0 radical (unpaired) electrons. The van der Waals surface area contributed by atoms with E-state index in [0.29, 0.717) is 18.4 Å². The number of rotatable bonds is 4. The summed E-state index contributed by atoms with van der Waals surface area (Å²) in [6.07, 6.45) is 6.57. The zero-order valence-electron chi connectivity index (χ0n) is 8.99. The molecule has 0 bridgehead atoms. The molecule has 1 rings (SSSR count). The largest absolute Gasteiger partial charge is 0.353 e. The number of amides is 1. The van der Waals surface area contributed by atoms with Crippen LogP contribution < -0.4 is 11.1 Å². The number of hydrogen-bond acceptors (Lipinski definition) is 2. The Kier molecular flexibility index (Phi) is 4.14. The first kappa shape index (κ1) is 11.2. The first-order chi connectivity index (χ1) is 6.59. The molecule has 1 aliphatic rings. The minimum atomic E-state index is -0.0237. The summed E-state index contributed by atoms with van der Waals surface area (Å²) in [4.78, 5) is 11.5. The first-order valence-electron chi connectivity index (χ1n) is 5.29. The number of nitrogens with one attached hydrogen (secondary N) is 1. The van der Waals surface area contributed by atoms with Crippen LogP contribution in [-0.2, 0) is 4.79 Å². The van der Waals surface area contributed by atoms with Crippen molar-refractivity contribution in [3.63, 3.8) is 0 Å². The van der Waals surface area contributed by atoms with Crippen LogP contribution in [0.15, 0.2) is 12.2 Å². The molecule has 1 atom stereocenters. The van der Waals surface area contributed by atoms with Crippen molar-refractivity contribution in [1.82, 2.24) is 5.32 Å². The molecule has 0 saturated carbocycles. The average molecular weight is 196 g/mol. The predicted octanol–water partition coefficient (Wildman–Crippen LogP) is 1.19. The SMILES string of the molecule is CC(C)C(N)CC(=O)NC1CC=CC1. The molecule has 0 aromatic rings. The van der Waals surface area contributed by atoms with Gasteiger partial charge in [0, 0.05) is 18.5 Å². The lowest BCUT2D eigenvalue weighted by Crippen LogP contribution is -2.38. The summed E-state index contributed by atoms with van der Waals surface area (Å²) in [7, 11) is 0. The van der Waals surface area contributed by atoms with Crippen molar-refractivity contribution in [2.45, 2.75) is 45.2 Å². The van der Waals surface area contributed by atoms with E-state index in [4.69, 9.17) is 5.73 Å². The summed E-state index contributed by atoms with van der Waals surface area (Å²) >= 11 is 0. The fourth-order valence-corrected chi connectivity index (χ4v) is 1.47. The molecule has 0 heterocycles. The first-order valence-corrected chi connectivity index (χ1v) is 5.29. The van der Waals surface area contributed by atoms with Crippen molar-refractivity contribution in [3.05, 3.63) is 12.2 Å². The third kappa shape index (κ3) is 3.50. The number of carbonyl (C=O) groups is 1. The lowest BCUT2D eigenvalue weighted by Gasteiger charge is -2.17. The van der Waals surface area contributed by atoms with Crippen molar-refractivity contribution in [2.24, 2.45) is 11.7 Å². The van der Waals surface area contributed by atoms with Gasteiger partial charge >= 0.3 is 0 Å². The van der Waals surface area contributed by atoms with Gasteiger partial charge in [0.25, 0.3) is 0 Å². The van der Waals surface area contributed by atoms with E-state index in [9.17, 15) is 4.79 Å². The van der Waals surface area contributed by atoms with Crippen LogP contribution in [0.4, 0.5) is 0 Å². The zero-order valence-corrected chi connectivity index (χ0v) is 8.99. The molecule has 3 heteroatoms. The van der Waals surface area contributed by atoms with Gasteiger partial charge in [-0.15, -0.1) is 0 Å². The highest BCUT2D eigenvalue weighted by atomic mass is 16.1. The fourth-order valence-electron chi connectivity index (χ4n) is 1.47. The maximum absolute atomic E-state index is 11.5. The Balaban J connectivity index is 2.21. The molecule has 1 amide bonds. The second kappa shape index (κ2) is 5.15. The van der Waals surface area contributed by atoms with Gasteiger partial charge in [0.15, 0.2) is 0 Å². The molecule has 0 aliphatic heterocycles. The molecular weight excluding hydrogens is 176 g/mol. The highest BCUT2D eigenvalue weighted by molar-refractivity contribution is 5.77. The monoisotopic (exact) mass is 196 g/mol. The van der Waals surface area contributed by atoms with Gasteiger partial charge in [-0.25, -0.2) is 0 Å². The second-order valence-corrected chi connectivity index (χ2v) is 4.32. The topological polar surface area (TPSA) is 55.1 Å². The zero-order chi connectivity index (χ0) is 10.6. The molecule has 0 aromatic carbocycles. The van der Waals surface area contributed by atoms with Gasteiger partial charge in [0.05, 0.1) is 0 Å². The molecule has 80 valence electrons. The van der Waals surface area contributed by atoms with E-state index in [1.54, 1.807) is 0 Å². The van der Waals surface area contributed by atoms with Crippen molar-refractivity contribution in [2.75, 3.05) is 0 Å².